The highest BCUT2D eigenvalue weighted by Gasteiger charge is 2.41. The van der Waals surface area contributed by atoms with Gasteiger partial charge in [-0.25, -0.2) is 9.69 Å². The molecule has 4 rings (SSSR count). The van der Waals surface area contributed by atoms with Crippen LogP contribution >= 0.6 is 0 Å². The standard InChI is InChI=1S/C22H21N5O4/c1-4-31-21(29)18-14(2)26(20(28)16-8-6-5-7-9-16)22-23-24-25-27(22)19(18)15-10-12-17(30-3)13-11-15/h5-13,19H,4H2,1-3H3. The van der Waals surface area contributed by atoms with E-state index >= 15 is 0 Å². The normalized spacial score (nSPS) is 15.5. The predicted octanol–water partition coefficient (Wildman–Crippen LogP) is 2.77. The Hall–Kier alpha value is -4.01. The van der Waals surface area contributed by atoms with Gasteiger partial charge in [0.05, 0.1) is 19.3 Å². The van der Waals surface area contributed by atoms with E-state index in [2.05, 4.69) is 15.5 Å². The number of amides is 1. The number of tetrazole rings is 1. The van der Waals surface area contributed by atoms with Crippen molar-refractivity contribution in [2.75, 3.05) is 18.6 Å². The average molecular weight is 419 g/mol. The molecule has 0 radical (unpaired) electrons. The van der Waals surface area contributed by atoms with Crippen molar-refractivity contribution < 1.29 is 19.1 Å². The summed E-state index contributed by atoms with van der Waals surface area (Å²) in [6.07, 6.45) is 0. The Morgan fingerprint density at radius 2 is 1.77 bits per heavy atom. The van der Waals surface area contributed by atoms with Crippen molar-refractivity contribution >= 4 is 17.8 Å². The van der Waals surface area contributed by atoms with Crippen molar-refractivity contribution in [1.82, 2.24) is 20.2 Å². The number of anilines is 1. The fraction of sp³-hybridized carbons (Fsp3) is 0.227. The van der Waals surface area contributed by atoms with Crippen LogP contribution in [-0.4, -0.2) is 45.8 Å². The highest BCUT2D eigenvalue weighted by molar-refractivity contribution is 6.09. The van der Waals surface area contributed by atoms with Crippen LogP contribution in [-0.2, 0) is 9.53 Å². The molecule has 3 aromatic rings. The van der Waals surface area contributed by atoms with Crippen LogP contribution in [0.1, 0.15) is 35.8 Å². The molecule has 1 aliphatic rings. The predicted molar refractivity (Wildman–Crippen MR) is 112 cm³/mol. The lowest BCUT2D eigenvalue weighted by atomic mass is 9.94. The third-order valence-corrected chi connectivity index (χ3v) is 5.07. The van der Waals surface area contributed by atoms with Gasteiger partial charge in [-0.2, -0.15) is 4.68 Å². The van der Waals surface area contributed by atoms with E-state index in [0.717, 1.165) is 5.56 Å². The first-order chi connectivity index (χ1) is 15.1. The number of carbonyl (C=O) groups is 2. The molecule has 1 aromatic heterocycles. The maximum absolute atomic E-state index is 13.3. The summed E-state index contributed by atoms with van der Waals surface area (Å²) in [6.45, 7) is 3.62. The third kappa shape index (κ3) is 3.54. The second kappa shape index (κ2) is 8.39. The number of fused-ring (bicyclic) bond motifs is 1. The molecule has 1 atom stereocenters. The van der Waals surface area contributed by atoms with Gasteiger partial charge in [-0.3, -0.25) is 4.79 Å². The largest absolute Gasteiger partial charge is 0.497 e. The molecular formula is C22H21N5O4. The SMILES string of the molecule is CCOC(=O)C1=C(C)N(C(=O)c2ccccc2)c2nnnn2C1c1ccc(OC)cc1. The molecule has 0 N–H and O–H groups in total. The zero-order valence-electron chi connectivity index (χ0n) is 17.3. The van der Waals surface area contributed by atoms with Crippen molar-refractivity contribution in [3.63, 3.8) is 0 Å². The summed E-state index contributed by atoms with van der Waals surface area (Å²) in [5.74, 6) is 0.0212. The molecule has 158 valence electrons. The van der Waals surface area contributed by atoms with Gasteiger partial charge in [0.1, 0.15) is 11.8 Å². The summed E-state index contributed by atoms with van der Waals surface area (Å²) in [7, 11) is 1.58. The summed E-state index contributed by atoms with van der Waals surface area (Å²) in [4.78, 5) is 27.7. The van der Waals surface area contributed by atoms with E-state index in [1.165, 1.54) is 9.58 Å². The summed E-state index contributed by atoms with van der Waals surface area (Å²) < 4.78 is 12.0. The van der Waals surface area contributed by atoms with Crippen LogP contribution < -0.4 is 9.64 Å². The van der Waals surface area contributed by atoms with E-state index in [1.54, 1.807) is 57.4 Å². The molecular weight excluding hydrogens is 398 g/mol. The van der Waals surface area contributed by atoms with Gasteiger partial charge in [-0.05, 0) is 54.1 Å². The minimum absolute atomic E-state index is 0.194. The molecule has 1 unspecified atom stereocenters. The van der Waals surface area contributed by atoms with Crippen molar-refractivity contribution in [3.05, 3.63) is 77.0 Å². The molecule has 0 aliphatic carbocycles. The minimum atomic E-state index is -0.658. The number of ether oxygens (including phenoxy) is 2. The fourth-order valence-electron chi connectivity index (χ4n) is 3.61. The molecule has 9 heteroatoms. The molecule has 0 spiro atoms. The van der Waals surface area contributed by atoms with Crippen LogP contribution in [0.5, 0.6) is 5.75 Å². The number of benzene rings is 2. The Morgan fingerprint density at radius 3 is 2.42 bits per heavy atom. The molecule has 0 fully saturated rings. The van der Waals surface area contributed by atoms with Gasteiger partial charge in [-0.1, -0.05) is 35.4 Å². The van der Waals surface area contributed by atoms with Gasteiger partial charge in [0.15, 0.2) is 0 Å². The second-order valence-corrected chi connectivity index (χ2v) is 6.83. The van der Waals surface area contributed by atoms with Gasteiger partial charge in [0.25, 0.3) is 11.9 Å². The van der Waals surface area contributed by atoms with Gasteiger partial charge >= 0.3 is 5.97 Å². The lowest BCUT2D eigenvalue weighted by Gasteiger charge is -2.33. The Labute approximate surface area is 178 Å². The number of esters is 1. The first kappa shape index (κ1) is 20.3. The smallest absolute Gasteiger partial charge is 0.338 e. The maximum Gasteiger partial charge on any atom is 0.338 e. The van der Waals surface area contributed by atoms with E-state index < -0.39 is 12.0 Å². The highest BCUT2D eigenvalue weighted by Crippen LogP contribution is 2.39. The zero-order valence-corrected chi connectivity index (χ0v) is 17.3. The lowest BCUT2D eigenvalue weighted by Crippen LogP contribution is -2.40. The zero-order chi connectivity index (χ0) is 22.0. The Kier molecular flexibility index (Phi) is 5.48. The van der Waals surface area contributed by atoms with Crippen LogP contribution in [0.2, 0.25) is 0 Å². The molecule has 1 aliphatic heterocycles. The Morgan fingerprint density at radius 1 is 1.06 bits per heavy atom. The van der Waals surface area contributed by atoms with Crippen molar-refractivity contribution in [3.8, 4) is 5.75 Å². The second-order valence-electron chi connectivity index (χ2n) is 6.83. The van der Waals surface area contributed by atoms with E-state index in [0.29, 0.717) is 17.0 Å². The molecule has 2 aromatic carbocycles. The number of methoxy groups -OCH3 is 1. The van der Waals surface area contributed by atoms with Gasteiger partial charge < -0.3 is 9.47 Å². The number of carbonyl (C=O) groups excluding carboxylic acids is 2. The molecule has 9 nitrogen and oxygen atoms in total. The summed E-state index contributed by atoms with van der Waals surface area (Å²) in [5, 5.41) is 12.0. The molecule has 2 heterocycles. The fourth-order valence-corrected chi connectivity index (χ4v) is 3.61. The monoisotopic (exact) mass is 419 g/mol. The number of hydrogen-bond donors (Lipinski definition) is 0. The van der Waals surface area contributed by atoms with Crippen molar-refractivity contribution in [2.45, 2.75) is 19.9 Å². The number of nitrogens with zero attached hydrogens (tertiary/aromatic N) is 5. The molecule has 0 saturated carbocycles. The van der Waals surface area contributed by atoms with E-state index in [-0.39, 0.29) is 24.0 Å². The summed E-state index contributed by atoms with van der Waals surface area (Å²) in [6, 6.07) is 15.3. The quantitative estimate of drug-likeness (QED) is 0.586. The number of aromatic nitrogens is 4. The molecule has 0 saturated heterocycles. The Bertz CT molecular complexity index is 1140. The molecule has 0 bridgehead atoms. The van der Waals surface area contributed by atoms with Crippen LogP contribution in [0.4, 0.5) is 5.95 Å². The van der Waals surface area contributed by atoms with Gasteiger partial charge in [0, 0.05) is 11.3 Å². The van der Waals surface area contributed by atoms with Crippen LogP contribution in [0, 0.1) is 0 Å². The summed E-state index contributed by atoms with van der Waals surface area (Å²) in [5.41, 5.74) is 1.90. The van der Waals surface area contributed by atoms with Crippen LogP contribution in [0.3, 0.4) is 0 Å². The average Bonchev–Trinajstić information content (AvgIpc) is 3.28. The maximum atomic E-state index is 13.3. The van der Waals surface area contributed by atoms with Gasteiger partial charge in [0.2, 0.25) is 0 Å². The minimum Gasteiger partial charge on any atom is -0.497 e. The number of rotatable bonds is 5. The van der Waals surface area contributed by atoms with Crippen LogP contribution in [0.15, 0.2) is 65.9 Å². The van der Waals surface area contributed by atoms with E-state index in [4.69, 9.17) is 9.47 Å². The highest BCUT2D eigenvalue weighted by atomic mass is 16.5. The topological polar surface area (TPSA) is 99.4 Å². The molecule has 31 heavy (non-hydrogen) atoms. The summed E-state index contributed by atoms with van der Waals surface area (Å²) >= 11 is 0. The number of hydrogen-bond acceptors (Lipinski definition) is 7. The van der Waals surface area contributed by atoms with Crippen molar-refractivity contribution in [2.24, 2.45) is 0 Å². The van der Waals surface area contributed by atoms with Gasteiger partial charge in [-0.15, -0.1) is 0 Å². The third-order valence-electron chi connectivity index (χ3n) is 5.07. The molecule has 1 amide bonds. The van der Waals surface area contributed by atoms with E-state index in [9.17, 15) is 9.59 Å². The lowest BCUT2D eigenvalue weighted by molar-refractivity contribution is -0.139. The first-order valence-electron chi connectivity index (χ1n) is 9.76. The van der Waals surface area contributed by atoms with Crippen molar-refractivity contribution in [1.29, 1.82) is 0 Å². The Balaban J connectivity index is 1.89. The number of allylic oxidation sites excluding steroid dienone is 1. The van der Waals surface area contributed by atoms with E-state index in [1.807, 2.05) is 18.2 Å². The first-order valence-corrected chi connectivity index (χ1v) is 9.76. The van der Waals surface area contributed by atoms with Crippen LogP contribution in [0.25, 0.3) is 0 Å².